The minimum Gasteiger partial charge on any atom is -0.335 e. The highest BCUT2D eigenvalue weighted by atomic mass is 19.1. The molecule has 2 heterocycles. The Morgan fingerprint density at radius 2 is 2.15 bits per heavy atom. The summed E-state index contributed by atoms with van der Waals surface area (Å²) in [5.74, 6) is -0.00224. The summed E-state index contributed by atoms with van der Waals surface area (Å²) in [4.78, 5) is 18.2. The lowest BCUT2D eigenvalue weighted by Gasteiger charge is -2.32. The highest BCUT2D eigenvalue weighted by Gasteiger charge is 2.24. The zero-order chi connectivity index (χ0) is 14.5. The van der Waals surface area contributed by atoms with Crippen LogP contribution in [0.15, 0.2) is 18.3 Å². The Labute approximate surface area is 119 Å². The van der Waals surface area contributed by atoms with Crippen molar-refractivity contribution in [2.75, 3.05) is 19.6 Å². The van der Waals surface area contributed by atoms with E-state index in [-0.39, 0.29) is 11.9 Å². The number of carbonyl (C=O) groups is 1. The molecule has 5 heteroatoms. The molecule has 0 unspecified atom stereocenters. The molecule has 4 nitrogen and oxygen atoms in total. The van der Waals surface area contributed by atoms with Gasteiger partial charge >= 0.3 is 0 Å². The van der Waals surface area contributed by atoms with Crippen LogP contribution in [0.1, 0.15) is 37.2 Å². The second kappa shape index (κ2) is 6.79. The fourth-order valence-corrected chi connectivity index (χ4v) is 2.52. The molecule has 0 aliphatic carbocycles. The van der Waals surface area contributed by atoms with Gasteiger partial charge in [-0.2, -0.15) is 0 Å². The first-order valence-electron chi connectivity index (χ1n) is 7.21. The Bertz CT molecular complexity index is 441. The number of carbonyl (C=O) groups excluding carboxylic acids is 1. The molecule has 1 amide bonds. The summed E-state index contributed by atoms with van der Waals surface area (Å²) in [6, 6.07) is 2.85. The van der Waals surface area contributed by atoms with Gasteiger partial charge in [-0.3, -0.25) is 4.79 Å². The summed E-state index contributed by atoms with van der Waals surface area (Å²) in [5, 5.41) is 3.33. The van der Waals surface area contributed by atoms with Crippen LogP contribution < -0.4 is 5.32 Å². The van der Waals surface area contributed by atoms with Crippen LogP contribution in [-0.4, -0.2) is 41.5 Å². The van der Waals surface area contributed by atoms with Crippen molar-refractivity contribution in [2.45, 2.75) is 32.7 Å². The van der Waals surface area contributed by atoms with Crippen molar-refractivity contribution in [1.29, 1.82) is 0 Å². The SMILES string of the molecule is CC(C)N(CC1CCNCC1)C(=O)c1ccc(F)cn1. The molecule has 20 heavy (non-hydrogen) atoms. The van der Waals surface area contributed by atoms with Crippen LogP contribution in [0, 0.1) is 11.7 Å². The van der Waals surface area contributed by atoms with Gasteiger partial charge in [0.2, 0.25) is 0 Å². The summed E-state index contributed by atoms with van der Waals surface area (Å²) in [6.45, 7) is 6.78. The lowest BCUT2D eigenvalue weighted by atomic mass is 9.97. The number of hydrogen-bond donors (Lipinski definition) is 1. The van der Waals surface area contributed by atoms with E-state index in [0.717, 1.165) is 38.7 Å². The largest absolute Gasteiger partial charge is 0.335 e. The molecule has 0 radical (unpaired) electrons. The van der Waals surface area contributed by atoms with Gasteiger partial charge in [0, 0.05) is 12.6 Å². The van der Waals surface area contributed by atoms with E-state index in [0.29, 0.717) is 11.6 Å². The molecule has 1 saturated heterocycles. The van der Waals surface area contributed by atoms with Crippen LogP contribution in [-0.2, 0) is 0 Å². The molecule has 2 rings (SSSR count). The molecule has 0 saturated carbocycles. The topological polar surface area (TPSA) is 45.2 Å². The van der Waals surface area contributed by atoms with Crippen molar-refractivity contribution < 1.29 is 9.18 Å². The van der Waals surface area contributed by atoms with Gasteiger partial charge in [-0.25, -0.2) is 9.37 Å². The van der Waals surface area contributed by atoms with E-state index in [9.17, 15) is 9.18 Å². The number of nitrogens with zero attached hydrogens (tertiary/aromatic N) is 2. The van der Waals surface area contributed by atoms with Gasteiger partial charge in [-0.15, -0.1) is 0 Å². The molecule has 110 valence electrons. The normalized spacial score (nSPS) is 16.4. The monoisotopic (exact) mass is 279 g/mol. The maximum absolute atomic E-state index is 12.9. The fraction of sp³-hybridized carbons (Fsp3) is 0.600. The molecule has 0 spiro atoms. The summed E-state index contributed by atoms with van der Waals surface area (Å²) in [5.41, 5.74) is 0.314. The summed E-state index contributed by atoms with van der Waals surface area (Å²) in [6.07, 6.45) is 3.27. The molecule has 1 fully saturated rings. The Morgan fingerprint density at radius 1 is 1.45 bits per heavy atom. The third-order valence-electron chi connectivity index (χ3n) is 3.74. The molecule has 1 aromatic heterocycles. The molecule has 1 aliphatic rings. The average molecular weight is 279 g/mol. The lowest BCUT2D eigenvalue weighted by molar-refractivity contribution is 0.0652. The minimum absolute atomic E-state index is 0.112. The van der Waals surface area contributed by atoms with Crippen molar-refractivity contribution in [3.63, 3.8) is 0 Å². The number of piperidine rings is 1. The van der Waals surface area contributed by atoms with E-state index in [1.807, 2.05) is 18.7 Å². The number of rotatable bonds is 4. The van der Waals surface area contributed by atoms with Gasteiger partial charge in [-0.05, 0) is 57.8 Å². The zero-order valence-corrected chi connectivity index (χ0v) is 12.1. The van der Waals surface area contributed by atoms with Crippen LogP contribution in [0.25, 0.3) is 0 Å². The van der Waals surface area contributed by atoms with Crippen LogP contribution in [0.4, 0.5) is 4.39 Å². The number of halogens is 1. The van der Waals surface area contributed by atoms with E-state index in [1.54, 1.807) is 0 Å². The molecule has 1 aliphatic heterocycles. The molecular formula is C15H22FN3O. The Balaban J connectivity index is 2.07. The predicted molar refractivity (Wildman–Crippen MR) is 76.0 cm³/mol. The molecule has 1 aromatic rings. The van der Waals surface area contributed by atoms with Gasteiger partial charge in [0.05, 0.1) is 6.20 Å². The first kappa shape index (κ1) is 14.9. The molecule has 1 N–H and O–H groups in total. The quantitative estimate of drug-likeness (QED) is 0.917. The van der Waals surface area contributed by atoms with Gasteiger partial charge < -0.3 is 10.2 Å². The van der Waals surface area contributed by atoms with Gasteiger partial charge in [0.15, 0.2) is 0 Å². The molecule has 0 atom stereocenters. The summed E-state index contributed by atoms with van der Waals surface area (Å²) >= 11 is 0. The van der Waals surface area contributed by atoms with Gasteiger partial charge in [-0.1, -0.05) is 0 Å². The van der Waals surface area contributed by atoms with Crippen molar-refractivity contribution in [2.24, 2.45) is 5.92 Å². The fourth-order valence-electron chi connectivity index (χ4n) is 2.52. The Kier molecular flexibility index (Phi) is 5.06. The number of nitrogens with one attached hydrogen (secondary N) is 1. The zero-order valence-electron chi connectivity index (χ0n) is 12.1. The summed E-state index contributed by atoms with van der Waals surface area (Å²) < 4.78 is 12.9. The van der Waals surface area contributed by atoms with Crippen LogP contribution >= 0.6 is 0 Å². The molecular weight excluding hydrogens is 257 g/mol. The van der Waals surface area contributed by atoms with Crippen molar-refractivity contribution >= 4 is 5.91 Å². The highest BCUT2D eigenvalue weighted by molar-refractivity contribution is 5.92. The third kappa shape index (κ3) is 3.76. The number of amides is 1. The standard InChI is InChI=1S/C15H22FN3O/c1-11(2)19(10-12-5-7-17-8-6-12)15(20)14-4-3-13(16)9-18-14/h3-4,9,11-12,17H,5-8,10H2,1-2H3. The van der Waals surface area contributed by atoms with E-state index < -0.39 is 5.82 Å². The third-order valence-corrected chi connectivity index (χ3v) is 3.74. The van der Waals surface area contributed by atoms with Crippen molar-refractivity contribution in [3.8, 4) is 0 Å². The van der Waals surface area contributed by atoms with E-state index in [4.69, 9.17) is 0 Å². The van der Waals surface area contributed by atoms with Crippen LogP contribution in [0.2, 0.25) is 0 Å². The second-order valence-corrected chi connectivity index (χ2v) is 5.61. The van der Waals surface area contributed by atoms with Crippen LogP contribution in [0.5, 0.6) is 0 Å². The number of hydrogen-bond acceptors (Lipinski definition) is 3. The van der Waals surface area contributed by atoms with Gasteiger partial charge in [0.1, 0.15) is 11.5 Å². The second-order valence-electron chi connectivity index (χ2n) is 5.61. The number of aromatic nitrogens is 1. The van der Waals surface area contributed by atoms with E-state index >= 15 is 0 Å². The predicted octanol–water partition coefficient (Wildman–Crippen LogP) is 2.07. The smallest absolute Gasteiger partial charge is 0.272 e. The van der Waals surface area contributed by atoms with Crippen LogP contribution in [0.3, 0.4) is 0 Å². The average Bonchev–Trinajstić information content (AvgIpc) is 2.45. The Morgan fingerprint density at radius 3 is 2.70 bits per heavy atom. The first-order valence-corrected chi connectivity index (χ1v) is 7.21. The maximum Gasteiger partial charge on any atom is 0.272 e. The highest BCUT2D eigenvalue weighted by Crippen LogP contribution is 2.17. The Hall–Kier alpha value is -1.49. The first-order chi connectivity index (χ1) is 9.58. The molecule has 0 bridgehead atoms. The van der Waals surface area contributed by atoms with Crippen molar-refractivity contribution in [3.05, 3.63) is 29.8 Å². The maximum atomic E-state index is 12.9. The number of pyridine rings is 1. The minimum atomic E-state index is -0.420. The van der Waals surface area contributed by atoms with E-state index in [2.05, 4.69) is 10.3 Å². The summed E-state index contributed by atoms with van der Waals surface area (Å²) in [7, 11) is 0. The lowest BCUT2D eigenvalue weighted by Crippen LogP contribution is -2.43. The van der Waals surface area contributed by atoms with Gasteiger partial charge in [0.25, 0.3) is 5.91 Å². The van der Waals surface area contributed by atoms with Crippen molar-refractivity contribution in [1.82, 2.24) is 15.2 Å². The van der Waals surface area contributed by atoms with E-state index in [1.165, 1.54) is 12.1 Å². The molecule has 0 aromatic carbocycles.